The summed E-state index contributed by atoms with van der Waals surface area (Å²) in [4.78, 5) is 12.0. The first-order chi connectivity index (χ1) is 10.4. The summed E-state index contributed by atoms with van der Waals surface area (Å²) in [5.41, 5.74) is 3.70. The van der Waals surface area contributed by atoms with Crippen LogP contribution >= 0.6 is 0 Å². The highest BCUT2D eigenvalue weighted by atomic mass is 16.5. The third-order valence-corrected chi connectivity index (χ3v) is 3.61. The summed E-state index contributed by atoms with van der Waals surface area (Å²) >= 11 is 0. The van der Waals surface area contributed by atoms with Crippen molar-refractivity contribution in [2.75, 3.05) is 6.61 Å². The molecule has 2 rings (SSSR count). The second-order valence-corrected chi connectivity index (χ2v) is 6.28. The topological polar surface area (TPSA) is 44.1 Å². The molecule has 0 saturated carbocycles. The molecule has 118 valence electrons. The fourth-order valence-electron chi connectivity index (χ4n) is 2.31. The van der Waals surface area contributed by atoms with Crippen molar-refractivity contribution in [3.05, 3.63) is 41.6 Å². The quantitative estimate of drug-likeness (QED) is 0.800. The monoisotopic (exact) mass is 300 g/mol. The van der Waals surface area contributed by atoms with E-state index in [0.29, 0.717) is 18.8 Å². The molecule has 0 radical (unpaired) electrons. The number of aromatic nitrogens is 2. The van der Waals surface area contributed by atoms with Gasteiger partial charge in [0, 0.05) is 12.1 Å². The summed E-state index contributed by atoms with van der Waals surface area (Å²) in [6, 6.07) is 10.1. The van der Waals surface area contributed by atoms with E-state index in [1.165, 1.54) is 5.56 Å². The largest absolute Gasteiger partial charge is 0.461 e. The van der Waals surface area contributed by atoms with Gasteiger partial charge >= 0.3 is 5.97 Å². The normalized spacial score (nSPS) is 11.5. The Bertz CT molecular complexity index is 649. The van der Waals surface area contributed by atoms with Crippen molar-refractivity contribution in [1.29, 1.82) is 0 Å². The highest BCUT2D eigenvalue weighted by molar-refractivity contribution is 5.89. The summed E-state index contributed by atoms with van der Waals surface area (Å²) in [5, 5.41) is 4.51. The van der Waals surface area contributed by atoms with E-state index in [-0.39, 0.29) is 11.4 Å². The lowest BCUT2D eigenvalue weighted by molar-refractivity contribution is 0.0512. The SMILES string of the molecule is CCOC(=O)c1cc(-c2ccc(C(C)(C)C)cc2)nn1CC. The number of aryl methyl sites for hydroxylation is 1. The van der Waals surface area contributed by atoms with Crippen molar-refractivity contribution in [2.24, 2.45) is 0 Å². The number of ether oxygens (including phenoxy) is 1. The first-order valence-electron chi connectivity index (χ1n) is 7.72. The maximum atomic E-state index is 12.0. The highest BCUT2D eigenvalue weighted by Gasteiger charge is 2.17. The van der Waals surface area contributed by atoms with E-state index in [1.54, 1.807) is 17.7 Å². The Morgan fingerprint density at radius 3 is 2.32 bits per heavy atom. The van der Waals surface area contributed by atoms with Crippen LogP contribution in [0.3, 0.4) is 0 Å². The first kappa shape index (κ1) is 16.3. The molecule has 22 heavy (non-hydrogen) atoms. The van der Waals surface area contributed by atoms with Crippen LogP contribution in [0, 0.1) is 0 Å². The van der Waals surface area contributed by atoms with Crippen LogP contribution in [0.15, 0.2) is 30.3 Å². The number of esters is 1. The number of rotatable bonds is 4. The molecule has 0 amide bonds. The lowest BCUT2D eigenvalue weighted by Gasteiger charge is -2.18. The summed E-state index contributed by atoms with van der Waals surface area (Å²) in [7, 11) is 0. The first-order valence-corrected chi connectivity index (χ1v) is 7.72. The summed E-state index contributed by atoms with van der Waals surface area (Å²) < 4.78 is 6.77. The van der Waals surface area contributed by atoms with Crippen LogP contribution in [0.4, 0.5) is 0 Å². The van der Waals surface area contributed by atoms with Crippen LogP contribution in [0.5, 0.6) is 0 Å². The van der Waals surface area contributed by atoms with Crippen LogP contribution in [0.25, 0.3) is 11.3 Å². The zero-order chi connectivity index (χ0) is 16.3. The highest BCUT2D eigenvalue weighted by Crippen LogP contribution is 2.26. The zero-order valence-corrected chi connectivity index (χ0v) is 14.0. The van der Waals surface area contributed by atoms with Crippen LogP contribution in [0.2, 0.25) is 0 Å². The Morgan fingerprint density at radius 2 is 1.82 bits per heavy atom. The average Bonchev–Trinajstić information content (AvgIpc) is 2.91. The van der Waals surface area contributed by atoms with Crippen molar-refractivity contribution < 1.29 is 9.53 Å². The van der Waals surface area contributed by atoms with E-state index in [4.69, 9.17) is 4.74 Å². The maximum absolute atomic E-state index is 12.0. The van der Waals surface area contributed by atoms with Gasteiger partial charge in [-0.25, -0.2) is 4.79 Å². The van der Waals surface area contributed by atoms with Gasteiger partial charge in [0.2, 0.25) is 0 Å². The van der Waals surface area contributed by atoms with Crippen LogP contribution in [-0.2, 0) is 16.7 Å². The van der Waals surface area contributed by atoms with Gasteiger partial charge in [0.1, 0.15) is 5.69 Å². The third-order valence-electron chi connectivity index (χ3n) is 3.61. The predicted molar refractivity (Wildman–Crippen MR) is 88.0 cm³/mol. The van der Waals surface area contributed by atoms with E-state index in [9.17, 15) is 4.79 Å². The minimum atomic E-state index is -0.325. The van der Waals surface area contributed by atoms with Gasteiger partial charge in [-0.15, -0.1) is 0 Å². The fraction of sp³-hybridized carbons (Fsp3) is 0.444. The van der Waals surface area contributed by atoms with E-state index in [1.807, 2.05) is 6.92 Å². The fourth-order valence-corrected chi connectivity index (χ4v) is 2.31. The molecule has 0 bridgehead atoms. The van der Waals surface area contributed by atoms with E-state index < -0.39 is 0 Å². The molecule has 0 aliphatic heterocycles. The Kier molecular flexibility index (Phi) is 4.69. The summed E-state index contributed by atoms with van der Waals surface area (Å²) in [6.07, 6.45) is 0. The molecule has 0 fully saturated rings. The van der Waals surface area contributed by atoms with E-state index in [0.717, 1.165) is 11.3 Å². The van der Waals surface area contributed by atoms with Crippen LogP contribution in [0.1, 0.15) is 50.7 Å². The number of carbonyl (C=O) groups is 1. The molecule has 0 atom stereocenters. The number of carbonyl (C=O) groups excluding carboxylic acids is 1. The Hall–Kier alpha value is -2.10. The molecule has 0 unspecified atom stereocenters. The smallest absolute Gasteiger partial charge is 0.356 e. The minimum Gasteiger partial charge on any atom is -0.461 e. The maximum Gasteiger partial charge on any atom is 0.356 e. The Labute approximate surface area is 132 Å². The van der Waals surface area contributed by atoms with Gasteiger partial charge in [0.15, 0.2) is 0 Å². The number of nitrogens with zero attached hydrogens (tertiary/aromatic N) is 2. The van der Waals surface area contributed by atoms with Crippen molar-refractivity contribution in [3.8, 4) is 11.3 Å². The van der Waals surface area contributed by atoms with Gasteiger partial charge < -0.3 is 4.74 Å². The lowest BCUT2D eigenvalue weighted by atomic mass is 9.86. The molecule has 0 N–H and O–H groups in total. The van der Waals surface area contributed by atoms with Crippen molar-refractivity contribution in [1.82, 2.24) is 9.78 Å². The number of benzene rings is 1. The lowest BCUT2D eigenvalue weighted by Crippen LogP contribution is -2.12. The molecule has 0 spiro atoms. The molecule has 1 aromatic heterocycles. The van der Waals surface area contributed by atoms with Crippen molar-refractivity contribution in [3.63, 3.8) is 0 Å². The van der Waals surface area contributed by atoms with Gasteiger partial charge in [-0.2, -0.15) is 5.10 Å². The Balaban J connectivity index is 2.35. The predicted octanol–water partition coefficient (Wildman–Crippen LogP) is 4.04. The molecule has 1 heterocycles. The van der Waals surface area contributed by atoms with E-state index >= 15 is 0 Å². The molecule has 4 heteroatoms. The molecular formula is C18H24N2O2. The molecule has 1 aromatic carbocycles. The molecule has 2 aromatic rings. The van der Waals surface area contributed by atoms with Crippen LogP contribution in [-0.4, -0.2) is 22.4 Å². The van der Waals surface area contributed by atoms with Gasteiger partial charge in [-0.05, 0) is 30.9 Å². The van der Waals surface area contributed by atoms with Crippen molar-refractivity contribution >= 4 is 5.97 Å². The van der Waals surface area contributed by atoms with Gasteiger partial charge in [0.25, 0.3) is 0 Å². The van der Waals surface area contributed by atoms with E-state index in [2.05, 4.69) is 50.1 Å². The number of hydrogen-bond donors (Lipinski definition) is 0. The second kappa shape index (κ2) is 6.34. The zero-order valence-electron chi connectivity index (χ0n) is 14.0. The molecular weight excluding hydrogens is 276 g/mol. The summed E-state index contributed by atoms with van der Waals surface area (Å²) in [6.45, 7) is 11.3. The van der Waals surface area contributed by atoms with Crippen molar-refractivity contribution in [2.45, 2.75) is 46.6 Å². The minimum absolute atomic E-state index is 0.122. The molecule has 0 aliphatic carbocycles. The number of hydrogen-bond acceptors (Lipinski definition) is 3. The summed E-state index contributed by atoms with van der Waals surface area (Å²) in [5.74, 6) is -0.325. The third kappa shape index (κ3) is 3.38. The molecule has 0 saturated heterocycles. The molecule has 0 aliphatic rings. The van der Waals surface area contributed by atoms with Gasteiger partial charge in [-0.3, -0.25) is 4.68 Å². The second-order valence-electron chi connectivity index (χ2n) is 6.28. The Morgan fingerprint density at radius 1 is 1.18 bits per heavy atom. The van der Waals surface area contributed by atoms with Gasteiger partial charge in [-0.1, -0.05) is 45.0 Å². The average molecular weight is 300 g/mol. The van der Waals surface area contributed by atoms with Gasteiger partial charge in [0.05, 0.1) is 12.3 Å². The standard InChI is InChI=1S/C18H24N2O2/c1-6-20-16(17(21)22-7-2)12-15(19-20)13-8-10-14(11-9-13)18(3,4)5/h8-12H,6-7H2,1-5H3. The molecule has 4 nitrogen and oxygen atoms in total. The van der Waals surface area contributed by atoms with Crippen LogP contribution < -0.4 is 0 Å².